The first-order chi connectivity index (χ1) is 19.5. The van der Waals surface area contributed by atoms with E-state index in [0.29, 0.717) is 54.6 Å². The molecule has 1 aliphatic heterocycles. The number of hydrogen-bond acceptors (Lipinski definition) is 6. The van der Waals surface area contributed by atoms with Crippen LogP contribution in [0.15, 0.2) is 36.4 Å². The van der Waals surface area contributed by atoms with Crippen molar-refractivity contribution in [2.24, 2.45) is 11.7 Å². The molecule has 1 heterocycles. The van der Waals surface area contributed by atoms with Crippen LogP contribution in [0.5, 0.6) is 11.5 Å². The van der Waals surface area contributed by atoms with Crippen molar-refractivity contribution in [1.29, 1.82) is 0 Å². The van der Waals surface area contributed by atoms with Crippen LogP contribution in [0.2, 0.25) is 0 Å². The van der Waals surface area contributed by atoms with Crippen molar-refractivity contribution in [3.63, 3.8) is 0 Å². The molecule has 0 spiro atoms. The van der Waals surface area contributed by atoms with Crippen molar-refractivity contribution >= 4 is 30.6 Å². The first kappa shape index (κ1) is 30.6. The molecular weight excluding hydrogens is 549 g/mol. The third-order valence-electron chi connectivity index (χ3n) is 7.57. The van der Waals surface area contributed by atoms with Gasteiger partial charge in [-0.3, -0.25) is 18.9 Å². The number of ether oxygens (including phenoxy) is 2. The Morgan fingerprint density at radius 3 is 2.41 bits per heavy atom. The van der Waals surface area contributed by atoms with Crippen molar-refractivity contribution in [3.8, 4) is 11.5 Å². The van der Waals surface area contributed by atoms with Gasteiger partial charge in [0, 0.05) is 25.0 Å². The van der Waals surface area contributed by atoms with Crippen molar-refractivity contribution in [1.82, 2.24) is 10.6 Å². The number of nitrogens with one attached hydrogen (secondary N) is 2. The maximum Gasteiger partial charge on any atom is 0.356 e. The maximum absolute atomic E-state index is 13.5. The van der Waals surface area contributed by atoms with Gasteiger partial charge in [-0.2, -0.15) is 0 Å². The second kappa shape index (κ2) is 13.5. The van der Waals surface area contributed by atoms with Gasteiger partial charge in [-0.05, 0) is 55.4 Å². The average molecular weight is 588 g/mol. The Morgan fingerprint density at radius 1 is 1.07 bits per heavy atom. The van der Waals surface area contributed by atoms with Gasteiger partial charge in [0.2, 0.25) is 11.8 Å². The quantitative estimate of drug-likeness (QED) is 0.263. The van der Waals surface area contributed by atoms with Crippen molar-refractivity contribution < 1.29 is 38.2 Å². The number of hydrogen-bond donors (Lipinski definition) is 5. The van der Waals surface area contributed by atoms with Gasteiger partial charge >= 0.3 is 7.60 Å². The van der Waals surface area contributed by atoms with Gasteiger partial charge < -0.3 is 35.6 Å². The van der Waals surface area contributed by atoms with E-state index >= 15 is 0 Å². The fourth-order valence-electron chi connectivity index (χ4n) is 5.41. The van der Waals surface area contributed by atoms with Gasteiger partial charge in [0.25, 0.3) is 5.91 Å². The van der Waals surface area contributed by atoms with Crippen molar-refractivity contribution in [3.05, 3.63) is 53.1 Å². The van der Waals surface area contributed by atoms with Crippen molar-refractivity contribution in [2.45, 2.75) is 70.4 Å². The molecule has 4 rings (SSSR count). The maximum atomic E-state index is 13.5. The molecule has 1 saturated carbocycles. The summed E-state index contributed by atoms with van der Waals surface area (Å²) in [6, 6.07) is 7.47. The summed E-state index contributed by atoms with van der Waals surface area (Å²) in [5.41, 5.74) is 7.15. The molecule has 0 radical (unpaired) electrons. The van der Waals surface area contributed by atoms with Crippen LogP contribution >= 0.6 is 7.60 Å². The van der Waals surface area contributed by atoms with Crippen molar-refractivity contribution in [2.75, 3.05) is 13.2 Å². The summed E-state index contributed by atoms with van der Waals surface area (Å²) in [6.45, 7) is 2.21. The molecule has 2 aromatic carbocycles. The van der Waals surface area contributed by atoms with Crippen LogP contribution in [-0.4, -0.2) is 46.8 Å². The topological polar surface area (TPSA) is 177 Å². The molecular formula is C29H38N3O8P. The summed E-state index contributed by atoms with van der Waals surface area (Å²) in [5.74, 6) is -0.206. The van der Waals surface area contributed by atoms with Crippen LogP contribution in [0.25, 0.3) is 0 Å². The Balaban J connectivity index is 1.54. The van der Waals surface area contributed by atoms with Gasteiger partial charge in [-0.15, -0.1) is 0 Å². The molecule has 3 amide bonds. The molecule has 0 unspecified atom stereocenters. The third kappa shape index (κ3) is 8.31. The number of benzene rings is 2. The van der Waals surface area contributed by atoms with E-state index in [-0.39, 0.29) is 17.3 Å². The van der Waals surface area contributed by atoms with E-state index in [2.05, 4.69) is 10.6 Å². The molecule has 11 nitrogen and oxygen atoms in total. The lowest BCUT2D eigenvalue weighted by Gasteiger charge is -2.25. The fraction of sp³-hybridized carbons (Fsp3) is 0.483. The van der Waals surface area contributed by atoms with Gasteiger partial charge in [0.15, 0.2) is 0 Å². The lowest BCUT2D eigenvalue weighted by atomic mass is 9.90. The molecule has 0 bridgehead atoms. The minimum Gasteiger partial charge on any atom is -0.493 e. The molecule has 2 aliphatic rings. The molecule has 2 aromatic rings. The average Bonchev–Trinajstić information content (AvgIpc) is 3.12. The first-order valence-corrected chi connectivity index (χ1v) is 15.6. The van der Waals surface area contributed by atoms with Gasteiger partial charge in [0.05, 0.1) is 30.1 Å². The summed E-state index contributed by atoms with van der Waals surface area (Å²) >= 11 is 0. The summed E-state index contributed by atoms with van der Waals surface area (Å²) in [4.78, 5) is 56.5. The second-order valence-electron chi connectivity index (χ2n) is 10.8. The highest BCUT2D eigenvalue weighted by atomic mass is 31.2. The zero-order valence-electron chi connectivity index (χ0n) is 23.1. The van der Waals surface area contributed by atoms with E-state index in [1.807, 2.05) is 0 Å². The van der Waals surface area contributed by atoms with E-state index in [0.717, 1.165) is 12.8 Å². The molecule has 1 fully saturated rings. The number of nitrogens with two attached hydrogens (primary N) is 1. The Hall–Kier alpha value is -3.40. The zero-order chi connectivity index (χ0) is 29.6. The smallest absolute Gasteiger partial charge is 0.356 e. The largest absolute Gasteiger partial charge is 0.493 e. The van der Waals surface area contributed by atoms with E-state index in [4.69, 9.17) is 15.2 Å². The molecule has 6 N–H and O–H groups in total. The van der Waals surface area contributed by atoms with E-state index in [1.165, 1.54) is 50.5 Å². The normalized spacial score (nSPS) is 18.3. The molecule has 0 aromatic heterocycles. The lowest BCUT2D eigenvalue weighted by Crippen LogP contribution is -2.48. The standard InChI is InChI=1S/C29H38N3O8P/c1-18(33)31-25(14-19-9-11-21(12-10-19)41(36,37)38)29(35)32-24-8-5-13-39-26-16-27(23(28(30)34)15-22(24)26)40-17-20-6-3-2-4-7-20/h9-12,15-16,20,24-25H,2-8,13-14,17H2,1H3,(H2,30,34)(H,31,33)(H,32,35)(H2,36,37,38)/t24-,25-/m0/s1. The molecule has 1 aliphatic carbocycles. The number of amides is 3. The number of carbonyl (C=O) groups is 3. The first-order valence-electron chi connectivity index (χ1n) is 14.0. The zero-order valence-corrected chi connectivity index (χ0v) is 24.0. The Bertz CT molecular complexity index is 1300. The summed E-state index contributed by atoms with van der Waals surface area (Å²) in [7, 11) is -4.40. The van der Waals surface area contributed by atoms with Crippen LogP contribution < -0.4 is 31.1 Å². The predicted molar refractivity (Wildman–Crippen MR) is 152 cm³/mol. The summed E-state index contributed by atoms with van der Waals surface area (Å²) in [6.07, 6.45) is 7.02. The molecule has 0 saturated heterocycles. The van der Waals surface area contributed by atoms with Crippen LogP contribution in [0.4, 0.5) is 0 Å². The number of carbonyl (C=O) groups excluding carboxylic acids is 3. The fourth-order valence-corrected chi connectivity index (χ4v) is 5.95. The van der Waals surface area contributed by atoms with E-state index < -0.39 is 37.4 Å². The van der Waals surface area contributed by atoms with Crippen LogP contribution in [0.1, 0.15) is 79.4 Å². The van der Waals surface area contributed by atoms with Gasteiger partial charge in [-0.1, -0.05) is 31.4 Å². The molecule has 12 heteroatoms. The Labute approximate surface area is 239 Å². The molecule has 222 valence electrons. The number of rotatable bonds is 10. The van der Waals surface area contributed by atoms with Crippen LogP contribution in [0, 0.1) is 5.92 Å². The Kier molecular flexibility index (Phi) is 10.1. The Morgan fingerprint density at radius 2 is 1.78 bits per heavy atom. The van der Waals surface area contributed by atoms with Crippen LogP contribution in [-0.2, 0) is 20.6 Å². The van der Waals surface area contributed by atoms with E-state index in [1.54, 1.807) is 12.1 Å². The van der Waals surface area contributed by atoms with E-state index in [9.17, 15) is 28.7 Å². The molecule has 41 heavy (non-hydrogen) atoms. The highest BCUT2D eigenvalue weighted by Crippen LogP contribution is 2.38. The molecule has 2 atom stereocenters. The second-order valence-corrected chi connectivity index (χ2v) is 12.4. The van der Waals surface area contributed by atoms with Gasteiger partial charge in [-0.25, -0.2) is 0 Å². The summed E-state index contributed by atoms with van der Waals surface area (Å²) in [5, 5.41) is 5.52. The van der Waals surface area contributed by atoms with Gasteiger partial charge in [0.1, 0.15) is 17.5 Å². The monoisotopic (exact) mass is 587 g/mol. The van der Waals surface area contributed by atoms with Crippen LogP contribution in [0.3, 0.4) is 0 Å². The summed E-state index contributed by atoms with van der Waals surface area (Å²) < 4.78 is 23.5. The minimum absolute atomic E-state index is 0.101. The number of fused-ring (bicyclic) bond motifs is 1. The highest BCUT2D eigenvalue weighted by molar-refractivity contribution is 7.60. The SMILES string of the molecule is CC(=O)N[C@@H](Cc1ccc(P(=O)(O)O)cc1)C(=O)N[C@H]1CCCOc2cc(OCC3CCCCC3)c(C(N)=O)cc21. The number of primary amides is 1. The lowest BCUT2D eigenvalue weighted by molar-refractivity contribution is -0.128. The predicted octanol–water partition coefficient (Wildman–Crippen LogP) is 2.62. The highest BCUT2D eigenvalue weighted by Gasteiger charge is 2.29. The minimum atomic E-state index is -4.40. The third-order valence-corrected chi connectivity index (χ3v) is 8.54.